The topological polar surface area (TPSA) is 34.5 Å². The number of rotatable bonds is 3. The highest BCUT2D eigenvalue weighted by atomic mass is 16.5. The number of hydrogen-bond acceptors (Lipinski definition) is 2. The SMILES string of the molecule is C[C@@H]1CN(C(=O)c2cn(Cc3ccccc3)c3ccccc23)CCO1. The largest absolute Gasteiger partial charge is 0.375 e. The molecule has 25 heavy (non-hydrogen) atoms. The minimum absolute atomic E-state index is 0.0929. The van der Waals surface area contributed by atoms with Crippen LogP contribution in [0.5, 0.6) is 0 Å². The van der Waals surface area contributed by atoms with Crippen LogP contribution in [0.1, 0.15) is 22.8 Å². The van der Waals surface area contributed by atoms with Crippen molar-refractivity contribution >= 4 is 16.8 Å². The van der Waals surface area contributed by atoms with Crippen LogP contribution in [0.3, 0.4) is 0 Å². The maximum atomic E-state index is 13.1. The fraction of sp³-hybridized carbons (Fsp3) is 0.286. The maximum Gasteiger partial charge on any atom is 0.256 e. The lowest BCUT2D eigenvalue weighted by Gasteiger charge is -2.31. The van der Waals surface area contributed by atoms with E-state index in [1.165, 1.54) is 5.56 Å². The smallest absolute Gasteiger partial charge is 0.256 e. The summed E-state index contributed by atoms with van der Waals surface area (Å²) in [4.78, 5) is 15.0. The minimum atomic E-state index is 0.0929. The number of nitrogens with zero attached hydrogens (tertiary/aromatic N) is 2. The fourth-order valence-electron chi connectivity index (χ4n) is 3.50. The molecule has 1 aromatic heterocycles. The van der Waals surface area contributed by atoms with Crippen molar-refractivity contribution in [1.82, 2.24) is 9.47 Å². The van der Waals surface area contributed by atoms with Gasteiger partial charge in [0.05, 0.1) is 18.3 Å². The van der Waals surface area contributed by atoms with Gasteiger partial charge in [-0.2, -0.15) is 0 Å². The van der Waals surface area contributed by atoms with E-state index in [0.717, 1.165) is 23.0 Å². The predicted molar refractivity (Wildman–Crippen MR) is 98.8 cm³/mol. The number of carbonyl (C=O) groups is 1. The molecule has 1 atom stereocenters. The van der Waals surface area contributed by atoms with Gasteiger partial charge in [0.25, 0.3) is 5.91 Å². The van der Waals surface area contributed by atoms with Crippen molar-refractivity contribution in [2.75, 3.05) is 19.7 Å². The van der Waals surface area contributed by atoms with Crippen LogP contribution >= 0.6 is 0 Å². The normalized spacial score (nSPS) is 17.8. The van der Waals surface area contributed by atoms with Crippen LogP contribution in [0.2, 0.25) is 0 Å². The third-order valence-corrected chi connectivity index (χ3v) is 4.74. The van der Waals surface area contributed by atoms with E-state index in [2.05, 4.69) is 22.8 Å². The molecule has 0 unspecified atom stereocenters. The quantitative estimate of drug-likeness (QED) is 0.734. The van der Waals surface area contributed by atoms with Crippen LogP contribution < -0.4 is 0 Å². The molecule has 0 saturated carbocycles. The molecule has 4 nitrogen and oxygen atoms in total. The molecule has 0 radical (unpaired) electrons. The number of carbonyl (C=O) groups excluding carboxylic acids is 1. The summed E-state index contributed by atoms with van der Waals surface area (Å²) in [5, 5.41) is 1.02. The van der Waals surface area contributed by atoms with Crippen LogP contribution in [0.4, 0.5) is 0 Å². The third kappa shape index (κ3) is 3.17. The Kier molecular flexibility index (Phi) is 4.28. The number of fused-ring (bicyclic) bond motifs is 1. The molecular weight excluding hydrogens is 312 g/mol. The highest BCUT2D eigenvalue weighted by molar-refractivity contribution is 6.07. The minimum Gasteiger partial charge on any atom is -0.375 e. The van der Waals surface area contributed by atoms with Gasteiger partial charge in [-0.1, -0.05) is 48.5 Å². The summed E-state index contributed by atoms with van der Waals surface area (Å²) in [6.07, 6.45) is 2.09. The Morgan fingerprint density at radius 1 is 1.12 bits per heavy atom. The molecule has 4 rings (SSSR count). The lowest BCUT2D eigenvalue weighted by molar-refractivity contribution is -0.0123. The van der Waals surface area contributed by atoms with Crippen molar-refractivity contribution in [2.45, 2.75) is 19.6 Å². The van der Waals surface area contributed by atoms with E-state index >= 15 is 0 Å². The molecule has 4 heteroatoms. The standard InChI is InChI=1S/C21H22N2O2/c1-16-13-22(11-12-25-16)21(24)19-15-23(14-17-7-3-2-4-8-17)20-10-6-5-9-18(19)20/h2-10,15-16H,11-14H2,1H3/t16-/m1/s1. The van der Waals surface area contributed by atoms with Gasteiger partial charge in [0.15, 0.2) is 0 Å². The summed E-state index contributed by atoms with van der Waals surface area (Å²) < 4.78 is 7.74. The number of amides is 1. The molecule has 3 aromatic rings. The summed E-state index contributed by atoms with van der Waals surface area (Å²) in [7, 11) is 0. The van der Waals surface area contributed by atoms with E-state index in [4.69, 9.17) is 4.74 Å². The molecule has 1 fully saturated rings. The Balaban J connectivity index is 1.71. The molecular formula is C21H22N2O2. The van der Waals surface area contributed by atoms with Crippen molar-refractivity contribution in [3.63, 3.8) is 0 Å². The first kappa shape index (κ1) is 15.9. The van der Waals surface area contributed by atoms with E-state index in [9.17, 15) is 4.79 Å². The lowest BCUT2D eigenvalue weighted by atomic mass is 10.1. The molecule has 0 aliphatic carbocycles. The van der Waals surface area contributed by atoms with E-state index in [0.29, 0.717) is 19.7 Å². The van der Waals surface area contributed by atoms with Crippen LogP contribution in [0, 0.1) is 0 Å². The monoisotopic (exact) mass is 334 g/mol. The summed E-state index contributed by atoms with van der Waals surface area (Å²) in [6, 6.07) is 18.5. The zero-order valence-corrected chi connectivity index (χ0v) is 14.4. The Morgan fingerprint density at radius 3 is 2.68 bits per heavy atom. The Hall–Kier alpha value is -2.59. The zero-order chi connectivity index (χ0) is 17.2. The van der Waals surface area contributed by atoms with Crippen molar-refractivity contribution in [3.8, 4) is 0 Å². The van der Waals surface area contributed by atoms with Gasteiger partial charge in [-0.15, -0.1) is 0 Å². The summed E-state index contributed by atoms with van der Waals surface area (Å²) in [6.45, 7) is 4.68. The first-order valence-electron chi connectivity index (χ1n) is 8.75. The van der Waals surface area contributed by atoms with Crippen LogP contribution in [0.25, 0.3) is 10.9 Å². The van der Waals surface area contributed by atoms with Crippen LogP contribution in [0.15, 0.2) is 60.8 Å². The third-order valence-electron chi connectivity index (χ3n) is 4.74. The highest BCUT2D eigenvalue weighted by Gasteiger charge is 2.25. The highest BCUT2D eigenvalue weighted by Crippen LogP contribution is 2.24. The number of benzene rings is 2. The van der Waals surface area contributed by atoms with Crippen molar-refractivity contribution in [1.29, 1.82) is 0 Å². The van der Waals surface area contributed by atoms with E-state index in [1.54, 1.807) is 0 Å². The van der Waals surface area contributed by atoms with Gasteiger partial charge >= 0.3 is 0 Å². The molecule has 1 saturated heterocycles. The molecule has 0 bridgehead atoms. The first-order chi connectivity index (χ1) is 12.2. The summed E-state index contributed by atoms with van der Waals surface area (Å²) in [5.41, 5.74) is 3.10. The molecule has 0 N–H and O–H groups in total. The fourth-order valence-corrected chi connectivity index (χ4v) is 3.50. The molecule has 0 spiro atoms. The zero-order valence-electron chi connectivity index (χ0n) is 14.4. The van der Waals surface area contributed by atoms with Crippen molar-refractivity contribution in [3.05, 3.63) is 71.9 Å². The Labute approximate surface area is 147 Å². The number of aromatic nitrogens is 1. The molecule has 1 aliphatic rings. The van der Waals surface area contributed by atoms with E-state index in [1.807, 2.05) is 54.4 Å². The second-order valence-electron chi connectivity index (χ2n) is 6.61. The number of para-hydroxylation sites is 1. The molecule has 128 valence electrons. The maximum absolute atomic E-state index is 13.1. The average molecular weight is 334 g/mol. The van der Waals surface area contributed by atoms with Crippen LogP contribution in [-0.4, -0.2) is 41.2 Å². The first-order valence-corrected chi connectivity index (χ1v) is 8.75. The number of morpholine rings is 1. The van der Waals surface area contributed by atoms with Gasteiger partial charge in [0.2, 0.25) is 0 Å². The van der Waals surface area contributed by atoms with Crippen LogP contribution in [-0.2, 0) is 11.3 Å². The van der Waals surface area contributed by atoms with Gasteiger partial charge in [0.1, 0.15) is 0 Å². The molecule has 2 heterocycles. The van der Waals surface area contributed by atoms with E-state index < -0.39 is 0 Å². The molecule has 1 aliphatic heterocycles. The van der Waals surface area contributed by atoms with Crippen molar-refractivity contribution in [2.24, 2.45) is 0 Å². The number of hydrogen-bond donors (Lipinski definition) is 0. The van der Waals surface area contributed by atoms with Gasteiger partial charge in [-0.3, -0.25) is 4.79 Å². The molecule has 1 amide bonds. The summed E-state index contributed by atoms with van der Waals surface area (Å²) in [5.74, 6) is 0.0955. The lowest BCUT2D eigenvalue weighted by Crippen LogP contribution is -2.44. The van der Waals surface area contributed by atoms with Gasteiger partial charge < -0.3 is 14.2 Å². The molecule has 2 aromatic carbocycles. The van der Waals surface area contributed by atoms with Gasteiger partial charge in [-0.25, -0.2) is 0 Å². The summed E-state index contributed by atoms with van der Waals surface area (Å²) >= 11 is 0. The number of ether oxygens (including phenoxy) is 1. The average Bonchev–Trinajstić information content (AvgIpc) is 3.01. The Morgan fingerprint density at radius 2 is 1.88 bits per heavy atom. The second-order valence-corrected chi connectivity index (χ2v) is 6.61. The van der Waals surface area contributed by atoms with Gasteiger partial charge in [0, 0.05) is 36.7 Å². The Bertz CT molecular complexity index is 885. The predicted octanol–water partition coefficient (Wildman–Crippen LogP) is 3.55. The van der Waals surface area contributed by atoms with E-state index in [-0.39, 0.29) is 12.0 Å². The van der Waals surface area contributed by atoms with Gasteiger partial charge in [-0.05, 0) is 18.6 Å². The second kappa shape index (κ2) is 6.73. The van der Waals surface area contributed by atoms with Crippen molar-refractivity contribution < 1.29 is 9.53 Å².